The van der Waals surface area contributed by atoms with Gasteiger partial charge in [0.15, 0.2) is 0 Å². The predicted octanol–water partition coefficient (Wildman–Crippen LogP) is 1.23. The molecule has 5 rings (SSSR count). The van der Waals surface area contributed by atoms with E-state index >= 15 is 4.39 Å². The molecule has 2 fully saturated rings. The number of nitrogens with zero attached hydrogens (tertiary/aromatic N) is 4. The highest BCUT2D eigenvalue weighted by molar-refractivity contribution is 6.22. The summed E-state index contributed by atoms with van der Waals surface area (Å²) >= 11 is 0. The number of nitrogens with one attached hydrogen (secondary N) is 1. The zero-order valence-corrected chi connectivity index (χ0v) is 20.7. The van der Waals surface area contributed by atoms with Crippen LogP contribution in [-0.4, -0.2) is 91.4 Å². The second-order valence-electron chi connectivity index (χ2n) is 9.30. The van der Waals surface area contributed by atoms with Crippen LogP contribution < -0.4 is 15.1 Å². The van der Waals surface area contributed by atoms with Crippen LogP contribution in [0.15, 0.2) is 42.5 Å². The van der Waals surface area contributed by atoms with Crippen LogP contribution in [0.1, 0.15) is 27.6 Å². The number of fused-ring (bicyclic) bond motifs is 1. The maximum Gasteiger partial charge on any atom is 0.414 e. The average Bonchev–Trinajstić information content (AvgIpc) is 3.40. The van der Waals surface area contributed by atoms with E-state index < -0.39 is 29.8 Å². The smallest absolute Gasteiger partial charge is 0.414 e. The summed E-state index contributed by atoms with van der Waals surface area (Å²) in [5.41, 5.74) is 1.26. The molecule has 1 N–H and O–H groups in total. The molecule has 3 aliphatic rings. The minimum absolute atomic E-state index is 0.175. The molecule has 0 aromatic heterocycles. The summed E-state index contributed by atoms with van der Waals surface area (Å²) in [7, 11) is 0. The molecule has 0 aliphatic carbocycles. The fourth-order valence-corrected chi connectivity index (χ4v) is 4.83. The molecule has 2 saturated heterocycles. The van der Waals surface area contributed by atoms with Gasteiger partial charge in [-0.3, -0.25) is 29.0 Å². The lowest BCUT2D eigenvalue weighted by Crippen LogP contribution is -2.52. The molecule has 0 spiro atoms. The van der Waals surface area contributed by atoms with Crippen molar-refractivity contribution < 1.29 is 33.1 Å². The van der Waals surface area contributed by atoms with Crippen molar-refractivity contribution >= 4 is 41.1 Å². The van der Waals surface area contributed by atoms with Crippen LogP contribution in [0, 0.1) is 5.82 Å². The van der Waals surface area contributed by atoms with E-state index in [4.69, 9.17) is 4.74 Å². The molecule has 11 nitrogen and oxygen atoms in total. The van der Waals surface area contributed by atoms with Crippen LogP contribution in [0.4, 0.5) is 20.6 Å². The fraction of sp³-hybridized carbons (Fsp3) is 0.346. The van der Waals surface area contributed by atoms with Crippen molar-refractivity contribution in [2.45, 2.75) is 13.0 Å². The molecule has 0 radical (unpaired) electrons. The van der Waals surface area contributed by atoms with E-state index in [9.17, 15) is 24.0 Å². The highest BCUT2D eigenvalue weighted by atomic mass is 19.1. The van der Waals surface area contributed by atoms with Crippen LogP contribution >= 0.6 is 0 Å². The number of carbonyl (C=O) groups is 5. The summed E-state index contributed by atoms with van der Waals surface area (Å²) in [5, 5.41) is 2.60. The van der Waals surface area contributed by atoms with Crippen LogP contribution in [-0.2, 0) is 14.3 Å². The maximum absolute atomic E-state index is 15.1. The Morgan fingerprint density at radius 1 is 1.00 bits per heavy atom. The van der Waals surface area contributed by atoms with E-state index in [0.29, 0.717) is 48.7 Å². The molecule has 0 bridgehead atoms. The predicted molar refractivity (Wildman–Crippen MR) is 133 cm³/mol. The molecule has 5 amide bonds. The van der Waals surface area contributed by atoms with Gasteiger partial charge in [-0.25, -0.2) is 9.18 Å². The van der Waals surface area contributed by atoms with Crippen LogP contribution in [0.25, 0.3) is 0 Å². The van der Waals surface area contributed by atoms with E-state index in [2.05, 4.69) is 5.32 Å². The number of hydrogen-bond donors (Lipinski definition) is 1. The average molecular weight is 524 g/mol. The van der Waals surface area contributed by atoms with E-state index in [1.807, 2.05) is 0 Å². The van der Waals surface area contributed by atoms with Gasteiger partial charge in [0, 0.05) is 33.1 Å². The lowest BCUT2D eigenvalue weighted by molar-refractivity contribution is -0.131. The van der Waals surface area contributed by atoms with E-state index in [-0.39, 0.29) is 31.4 Å². The quantitative estimate of drug-likeness (QED) is 0.566. The van der Waals surface area contributed by atoms with Gasteiger partial charge in [0.2, 0.25) is 11.8 Å². The molecular formula is C26H26FN5O6. The number of hydrogen-bond acceptors (Lipinski definition) is 7. The summed E-state index contributed by atoms with van der Waals surface area (Å²) in [5.74, 6) is -2.07. The first-order valence-corrected chi connectivity index (χ1v) is 12.2. The molecule has 1 atom stereocenters. The Hall–Kier alpha value is -4.48. The Balaban J connectivity index is 1.17. The number of anilines is 2. The SMILES string of the molecule is CC(=O)NCC1CN(c2ccc(N3CCN(C(=O)CN4C(=O)c5ccccc5C4=O)CC3)c(F)c2)C(=O)O1. The highest BCUT2D eigenvalue weighted by Crippen LogP contribution is 2.29. The van der Waals surface area contributed by atoms with Crippen molar-refractivity contribution in [2.75, 3.05) is 55.6 Å². The van der Waals surface area contributed by atoms with Crippen molar-refractivity contribution in [1.29, 1.82) is 0 Å². The number of cyclic esters (lactones) is 1. The highest BCUT2D eigenvalue weighted by Gasteiger charge is 2.38. The molecule has 3 heterocycles. The largest absolute Gasteiger partial charge is 0.442 e. The van der Waals surface area contributed by atoms with Gasteiger partial charge >= 0.3 is 6.09 Å². The summed E-state index contributed by atoms with van der Waals surface area (Å²) in [6, 6.07) is 10.9. The fourth-order valence-electron chi connectivity index (χ4n) is 4.83. The molecule has 3 aliphatic heterocycles. The first-order chi connectivity index (χ1) is 18.2. The molecule has 2 aromatic rings. The summed E-state index contributed by atoms with van der Waals surface area (Å²) in [6.07, 6.45) is -1.14. The van der Waals surface area contributed by atoms with Crippen molar-refractivity contribution in [1.82, 2.24) is 15.1 Å². The zero-order valence-electron chi connectivity index (χ0n) is 20.7. The van der Waals surface area contributed by atoms with Gasteiger partial charge in [-0.05, 0) is 30.3 Å². The first kappa shape index (κ1) is 25.2. The molecule has 198 valence electrons. The number of halogens is 1. The topological polar surface area (TPSA) is 120 Å². The van der Waals surface area contributed by atoms with Crippen molar-refractivity contribution in [3.8, 4) is 0 Å². The number of benzene rings is 2. The van der Waals surface area contributed by atoms with Crippen LogP contribution in [0.3, 0.4) is 0 Å². The molecule has 1 unspecified atom stereocenters. The van der Waals surface area contributed by atoms with Crippen molar-refractivity contribution in [3.05, 3.63) is 59.4 Å². The summed E-state index contributed by atoms with van der Waals surface area (Å²) in [4.78, 5) is 66.9. The monoisotopic (exact) mass is 523 g/mol. The van der Waals surface area contributed by atoms with Gasteiger partial charge in [-0.2, -0.15) is 0 Å². The number of rotatable bonds is 6. The molecule has 12 heteroatoms. The Kier molecular flexibility index (Phi) is 6.70. The number of imide groups is 1. The molecular weight excluding hydrogens is 497 g/mol. The van der Waals surface area contributed by atoms with E-state index in [1.165, 1.54) is 17.9 Å². The third kappa shape index (κ3) is 4.76. The van der Waals surface area contributed by atoms with Crippen molar-refractivity contribution in [3.63, 3.8) is 0 Å². The Morgan fingerprint density at radius 2 is 1.66 bits per heavy atom. The van der Waals surface area contributed by atoms with E-state index in [1.54, 1.807) is 46.2 Å². The number of amides is 5. The van der Waals surface area contributed by atoms with Gasteiger partial charge in [0.05, 0.1) is 35.6 Å². The second kappa shape index (κ2) is 10.1. The standard InChI is InChI=1S/C26H26FN5O6/c1-16(33)28-13-18-14-31(26(37)38-18)17-6-7-22(21(27)12-17)29-8-10-30(11-9-29)23(34)15-32-24(35)19-4-2-3-5-20(19)25(32)36/h2-7,12,18H,8-11,13-15H2,1H3,(H,28,33). The second-order valence-corrected chi connectivity index (χ2v) is 9.30. The number of ether oxygens (including phenoxy) is 1. The normalized spacial score (nSPS) is 19.1. The Bertz CT molecular complexity index is 1290. The molecule has 0 saturated carbocycles. The third-order valence-corrected chi connectivity index (χ3v) is 6.84. The van der Waals surface area contributed by atoms with Gasteiger partial charge in [-0.1, -0.05) is 12.1 Å². The number of piperazine rings is 1. The Labute approximate surface area is 217 Å². The lowest BCUT2D eigenvalue weighted by Gasteiger charge is -2.36. The van der Waals surface area contributed by atoms with Gasteiger partial charge in [0.1, 0.15) is 18.5 Å². The Morgan fingerprint density at radius 3 is 2.26 bits per heavy atom. The van der Waals surface area contributed by atoms with Gasteiger partial charge in [-0.15, -0.1) is 0 Å². The van der Waals surface area contributed by atoms with Crippen LogP contribution in [0.5, 0.6) is 0 Å². The maximum atomic E-state index is 15.1. The summed E-state index contributed by atoms with van der Waals surface area (Å²) < 4.78 is 20.3. The minimum Gasteiger partial charge on any atom is -0.442 e. The minimum atomic E-state index is -0.613. The molecule has 38 heavy (non-hydrogen) atoms. The molecule has 2 aromatic carbocycles. The third-order valence-electron chi connectivity index (χ3n) is 6.84. The lowest BCUT2D eigenvalue weighted by atomic mass is 10.1. The van der Waals surface area contributed by atoms with Crippen LogP contribution in [0.2, 0.25) is 0 Å². The zero-order chi connectivity index (χ0) is 27.0. The number of carbonyl (C=O) groups excluding carboxylic acids is 5. The van der Waals surface area contributed by atoms with Crippen molar-refractivity contribution in [2.24, 2.45) is 0 Å². The summed E-state index contributed by atoms with van der Waals surface area (Å²) in [6.45, 7) is 2.69. The first-order valence-electron chi connectivity index (χ1n) is 12.2. The van der Waals surface area contributed by atoms with Gasteiger partial charge in [0.25, 0.3) is 11.8 Å². The van der Waals surface area contributed by atoms with E-state index in [0.717, 1.165) is 4.90 Å². The van der Waals surface area contributed by atoms with Gasteiger partial charge < -0.3 is 19.9 Å².